The molecule has 0 amide bonds. The van der Waals surface area contributed by atoms with Crippen molar-refractivity contribution < 1.29 is 0 Å². The van der Waals surface area contributed by atoms with E-state index in [1.165, 1.54) is 0 Å². The number of thiol groups is 1. The van der Waals surface area contributed by atoms with Crippen molar-refractivity contribution in [2.24, 2.45) is 4.99 Å². The lowest BCUT2D eigenvalue weighted by atomic mass is 9.85. The van der Waals surface area contributed by atoms with Crippen molar-refractivity contribution in [1.29, 1.82) is 5.26 Å². The van der Waals surface area contributed by atoms with Crippen LogP contribution in [0.2, 0.25) is 0 Å². The molecular weight excluding hydrogens is 260 g/mol. The maximum absolute atomic E-state index is 12.1. The van der Waals surface area contributed by atoms with Gasteiger partial charge in [-0.05, 0) is 12.1 Å². The average Bonchev–Trinajstić information content (AvgIpc) is 2.91. The lowest BCUT2D eigenvalue weighted by Gasteiger charge is -2.25. The zero-order chi connectivity index (χ0) is 13.4. The molecule has 19 heavy (non-hydrogen) atoms. The molecule has 94 valence electrons. The highest BCUT2D eigenvalue weighted by Gasteiger charge is 2.33. The smallest absolute Gasteiger partial charge is 0.254 e. The van der Waals surface area contributed by atoms with Crippen LogP contribution >= 0.6 is 12.6 Å². The first-order valence-electron chi connectivity index (χ1n) is 5.75. The number of rotatable bonds is 1. The largest absolute Gasteiger partial charge is 0.349 e. The summed E-state index contributed by atoms with van der Waals surface area (Å²) in [6.07, 6.45) is 5.32. The highest BCUT2D eigenvalue weighted by molar-refractivity contribution is 7.84. The number of hydrogen-bond acceptors (Lipinski definition) is 5. The summed E-state index contributed by atoms with van der Waals surface area (Å²) < 4.78 is 0. The molecule has 0 bridgehead atoms. The number of nitrogens with one attached hydrogen (secondary N) is 2. The fourth-order valence-electron chi connectivity index (χ4n) is 2.35. The first kappa shape index (κ1) is 11.8. The lowest BCUT2D eigenvalue weighted by Crippen LogP contribution is -2.28. The van der Waals surface area contributed by atoms with Crippen molar-refractivity contribution in [3.63, 3.8) is 0 Å². The van der Waals surface area contributed by atoms with Gasteiger partial charge in [0.1, 0.15) is 0 Å². The Kier molecular flexibility index (Phi) is 2.76. The van der Waals surface area contributed by atoms with E-state index in [4.69, 9.17) is 0 Å². The number of nitriles is 1. The number of aromatic nitrogens is 1. The Labute approximate surface area is 114 Å². The summed E-state index contributed by atoms with van der Waals surface area (Å²) in [7, 11) is 0. The van der Waals surface area contributed by atoms with Gasteiger partial charge in [0.2, 0.25) is 0 Å². The van der Waals surface area contributed by atoms with Crippen LogP contribution in [0.5, 0.6) is 0 Å². The van der Waals surface area contributed by atoms with E-state index < -0.39 is 5.92 Å². The summed E-state index contributed by atoms with van der Waals surface area (Å²) >= 11 is 4.30. The molecular formula is C13H10N4OS. The van der Waals surface area contributed by atoms with Crippen LogP contribution in [0.1, 0.15) is 11.5 Å². The van der Waals surface area contributed by atoms with Gasteiger partial charge >= 0.3 is 0 Å². The number of H-pyrrole nitrogens is 1. The van der Waals surface area contributed by atoms with E-state index in [-0.39, 0.29) is 5.56 Å². The van der Waals surface area contributed by atoms with Gasteiger partial charge in [-0.3, -0.25) is 9.79 Å². The van der Waals surface area contributed by atoms with Crippen LogP contribution in [-0.4, -0.2) is 17.2 Å². The molecule has 2 N–H and O–H groups in total. The number of pyridine rings is 1. The number of aromatic amines is 1. The molecule has 1 atom stereocenters. The normalized spacial score (nSPS) is 20.6. The van der Waals surface area contributed by atoms with Crippen LogP contribution < -0.4 is 10.9 Å². The topological polar surface area (TPSA) is 81.0 Å². The third-order valence-electron chi connectivity index (χ3n) is 3.17. The summed E-state index contributed by atoms with van der Waals surface area (Å²) in [4.78, 5) is 19.0. The van der Waals surface area contributed by atoms with Gasteiger partial charge in [0.05, 0.1) is 40.4 Å². The van der Waals surface area contributed by atoms with Crippen LogP contribution in [0.25, 0.3) is 0 Å². The molecule has 0 fully saturated rings. The molecule has 0 saturated heterocycles. The van der Waals surface area contributed by atoms with Gasteiger partial charge in [-0.25, -0.2) is 0 Å². The van der Waals surface area contributed by atoms with E-state index in [0.717, 1.165) is 5.71 Å². The number of hydrogen-bond donors (Lipinski definition) is 3. The fraction of sp³-hybridized carbons (Fsp3) is 0.154. The van der Waals surface area contributed by atoms with Gasteiger partial charge < -0.3 is 10.3 Å². The van der Waals surface area contributed by atoms with Crippen molar-refractivity contribution in [2.75, 3.05) is 11.9 Å². The second-order valence-electron chi connectivity index (χ2n) is 4.23. The van der Waals surface area contributed by atoms with E-state index in [1.807, 2.05) is 12.2 Å². The van der Waals surface area contributed by atoms with Crippen LogP contribution in [0.3, 0.4) is 0 Å². The number of aliphatic imine (C=N–C) groups is 1. The van der Waals surface area contributed by atoms with E-state index in [2.05, 4.69) is 34.0 Å². The Balaban J connectivity index is 2.27. The van der Waals surface area contributed by atoms with Gasteiger partial charge in [-0.15, -0.1) is 12.6 Å². The molecule has 3 heterocycles. The second-order valence-corrected chi connectivity index (χ2v) is 4.68. The third kappa shape index (κ3) is 1.79. The van der Waals surface area contributed by atoms with Gasteiger partial charge in [-0.2, -0.15) is 5.26 Å². The van der Waals surface area contributed by atoms with E-state index >= 15 is 0 Å². The number of fused-ring (bicyclic) bond motifs is 1. The van der Waals surface area contributed by atoms with Gasteiger partial charge in [0.25, 0.3) is 5.56 Å². The molecule has 0 aromatic carbocycles. The maximum atomic E-state index is 12.1. The fourth-order valence-corrected chi connectivity index (χ4v) is 2.65. The molecule has 1 aromatic rings. The summed E-state index contributed by atoms with van der Waals surface area (Å²) in [5.74, 6) is -0.447. The van der Waals surface area contributed by atoms with Gasteiger partial charge in [0.15, 0.2) is 0 Å². The highest BCUT2D eigenvalue weighted by atomic mass is 32.1. The van der Waals surface area contributed by atoms with E-state index in [1.54, 1.807) is 12.3 Å². The zero-order valence-corrected chi connectivity index (χ0v) is 10.7. The molecule has 0 spiro atoms. The molecule has 1 aromatic heterocycles. The summed E-state index contributed by atoms with van der Waals surface area (Å²) in [5.41, 5.74) is 2.11. The quantitative estimate of drug-likeness (QED) is 0.677. The molecule has 0 aliphatic carbocycles. The van der Waals surface area contributed by atoms with E-state index in [9.17, 15) is 10.1 Å². The Morgan fingerprint density at radius 1 is 1.53 bits per heavy atom. The third-order valence-corrected chi connectivity index (χ3v) is 3.52. The molecule has 3 rings (SSSR count). The monoisotopic (exact) mass is 270 g/mol. The van der Waals surface area contributed by atoms with Crippen LogP contribution in [0.15, 0.2) is 44.8 Å². The average molecular weight is 270 g/mol. The summed E-state index contributed by atoms with van der Waals surface area (Å²) in [6.45, 7) is 0.583. The van der Waals surface area contributed by atoms with Gasteiger partial charge in [-0.1, -0.05) is 6.08 Å². The van der Waals surface area contributed by atoms with E-state index in [0.29, 0.717) is 28.4 Å². The molecule has 5 nitrogen and oxygen atoms in total. The Hall–Kier alpha value is -2.26. The summed E-state index contributed by atoms with van der Waals surface area (Å²) in [5, 5.41) is 12.8. The lowest BCUT2D eigenvalue weighted by molar-refractivity contribution is 0.998. The van der Waals surface area contributed by atoms with Crippen molar-refractivity contribution in [1.82, 2.24) is 4.98 Å². The molecule has 6 heteroatoms. The van der Waals surface area contributed by atoms with Crippen LogP contribution in [0.4, 0.5) is 5.69 Å². The number of anilines is 1. The second kappa shape index (κ2) is 4.44. The first-order valence-corrected chi connectivity index (χ1v) is 6.20. The van der Waals surface area contributed by atoms with Crippen molar-refractivity contribution in [3.05, 3.63) is 50.9 Å². The van der Waals surface area contributed by atoms with Crippen LogP contribution in [-0.2, 0) is 0 Å². The molecule has 2 aliphatic rings. The van der Waals surface area contributed by atoms with Crippen molar-refractivity contribution in [3.8, 4) is 6.07 Å². The first-order chi connectivity index (χ1) is 9.22. The standard InChI is InChI=1S/C13H10N4OS/c14-6-7-10(8-2-1-4-15-8)11-9(17-13(7)19)3-5-16-12(11)18/h1-3,5,10,17,19H,4H2,(H,16,18). The Morgan fingerprint density at radius 2 is 2.37 bits per heavy atom. The van der Waals surface area contributed by atoms with Gasteiger partial charge in [0, 0.05) is 11.9 Å². The molecule has 1 unspecified atom stereocenters. The highest BCUT2D eigenvalue weighted by Crippen LogP contribution is 2.37. The predicted octanol–water partition coefficient (Wildman–Crippen LogP) is 1.56. The minimum absolute atomic E-state index is 0.216. The van der Waals surface area contributed by atoms with Crippen molar-refractivity contribution >= 4 is 24.0 Å². The predicted molar refractivity (Wildman–Crippen MR) is 76.5 cm³/mol. The Bertz CT molecular complexity index is 736. The number of nitrogens with zero attached hydrogens (tertiary/aromatic N) is 2. The maximum Gasteiger partial charge on any atom is 0.254 e. The molecule has 0 saturated carbocycles. The zero-order valence-electron chi connectivity index (χ0n) is 9.84. The number of allylic oxidation sites excluding steroid dienone is 2. The van der Waals surface area contributed by atoms with Crippen LogP contribution in [0, 0.1) is 11.3 Å². The molecule has 0 radical (unpaired) electrons. The SMILES string of the molecule is N#CC1=C(S)Nc2cc[nH]c(=O)c2C1C1=NCC=C1. The minimum Gasteiger partial charge on any atom is -0.349 e. The molecule has 2 aliphatic heterocycles. The van der Waals surface area contributed by atoms with Crippen molar-refractivity contribution in [2.45, 2.75) is 5.92 Å². The minimum atomic E-state index is -0.447. The summed E-state index contributed by atoms with van der Waals surface area (Å²) in [6, 6.07) is 3.88. The Morgan fingerprint density at radius 3 is 3.05 bits per heavy atom.